The van der Waals surface area contributed by atoms with Gasteiger partial charge in [-0.25, -0.2) is 0 Å². The maximum absolute atomic E-state index is 5.60. The highest BCUT2D eigenvalue weighted by atomic mass is 16.3. The van der Waals surface area contributed by atoms with Crippen LogP contribution in [0, 0.1) is 12.3 Å². The molecule has 1 aromatic rings. The summed E-state index contributed by atoms with van der Waals surface area (Å²) < 4.78 is 5.60. The van der Waals surface area contributed by atoms with Crippen LogP contribution in [0.15, 0.2) is 16.5 Å². The molecule has 0 aliphatic heterocycles. The minimum absolute atomic E-state index is 0.336. The maximum Gasteiger partial charge on any atom is 0.120 e. The molecule has 15 heavy (non-hydrogen) atoms. The zero-order chi connectivity index (χ0) is 10.9. The van der Waals surface area contributed by atoms with Gasteiger partial charge in [-0.15, -0.1) is 0 Å². The fourth-order valence-corrected chi connectivity index (χ4v) is 1.99. The molecular formula is C13H21NO. The third kappa shape index (κ3) is 2.43. The molecule has 1 aliphatic rings. The van der Waals surface area contributed by atoms with E-state index in [1.807, 2.05) is 13.0 Å². The van der Waals surface area contributed by atoms with Gasteiger partial charge in [0.15, 0.2) is 0 Å². The molecule has 2 heteroatoms. The third-order valence-electron chi connectivity index (χ3n) is 3.68. The molecule has 1 aliphatic carbocycles. The quantitative estimate of drug-likeness (QED) is 0.800. The highest BCUT2D eigenvalue weighted by Gasteiger charge is 2.40. The van der Waals surface area contributed by atoms with Gasteiger partial charge in [0.2, 0.25) is 0 Å². The van der Waals surface area contributed by atoms with E-state index in [0.29, 0.717) is 11.5 Å². The molecule has 1 unspecified atom stereocenters. The molecule has 1 saturated carbocycles. The summed E-state index contributed by atoms with van der Waals surface area (Å²) in [6, 6.07) is 4.43. The van der Waals surface area contributed by atoms with E-state index in [4.69, 9.17) is 4.42 Å². The summed E-state index contributed by atoms with van der Waals surface area (Å²) in [6.07, 6.45) is 4.07. The van der Waals surface area contributed by atoms with Gasteiger partial charge in [-0.2, -0.15) is 0 Å². The first-order valence-electron chi connectivity index (χ1n) is 5.95. The lowest BCUT2D eigenvalue weighted by atomic mass is 10.0. The fourth-order valence-electron chi connectivity index (χ4n) is 1.99. The van der Waals surface area contributed by atoms with E-state index in [-0.39, 0.29) is 0 Å². The van der Waals surface area contributed by atoms with Gasteiger partial charge in [0.25, 0.3) is 0 Å². The van der Waals surface area contributed by atoms with Crippen LogP contribution in [-0.2, 0) is 0 Å². The van der Waals surface area contributed by atoms with E-state index >= 15 is 0 Å². The summed E-state index contributed by atoms with van der Waals surface area (Å²) in [5, 5.41) is 3.57. The Morgan fingerprint density at radius 1 is 1.47 bits per heavy atom. The summed E-state index contributed by atoms with van der Waals surface area (Å²) in [5.41, 5.74) is 0.607. The number of hydrogen-bond donors (Lipinski definition) is 1. The molecular weight excluding hydrogens is 186 g/mol. The van der Waals surface area contributed by atoms with Crippen LogP contribution in [0.25, 0.3) is 0 Å². The van der Waals surface area contributed by atoms with Crippen molar-refractivity contribution in [2.75, 3.05) is 6.54 Å². The van der Waals surface area contributed by atoms with Gasteiger partial charge in [0, 0.05) is 6.54 Å². The minimum atomic E-state index is 0.336. The highest BCUT2D eigenvalue weighted by Crippen LogP contribution is 2.48. The Hall–Kier alpha value is -0.760. The van der Waals surface area contributed by atoms with Crippen LogP contribution in [0.3, 0.4) is 0 Å². The Kier molecular flexibility index (Phi) is 2.87. The Labute approximate surface area is 92.1 Å². The largest absolute Gasteiger partial charge is 0.465 e. The Morgan fingerprint density at radius 2 is 2.20 bits per heavy atom. The van der Waals surface area contributed by atoms with Crippen molar-refractivity contribution in [3.05, 3.63) is 23.7 Å². The minimum Gasteiger partial charge on any atom is -0.465 e. The molecule has 0 aromatic carbocycles. The summed E-state index contributed by atoms with van der Waals surface area (Å²) in [5.74, 6) is 2.05. The first-order chi connectivity index (χ1) is 7.15. The van der Waals surface area contributed by atoms with Crippen LogP contribution in [-0.4, -0.2) is 6.54 Å². The van der Waals surface area contributed by atoms with Gasteiger partial charge in [0.05, 0.1) is 6.04 Å². The molecule has 0 spiro atoms. The standard InChI is InChI=1S/C13H21NO/c1-4-13(7-8-13)9-14-11(3)12-6-5-10(2)15-12/h5-6,11,14H,4,7-9H2,1-3H3. The van der Waals surface area contributed by atoms with Gasteiger partial charge >= 0.3 is 0 Å². The van der Waals surface area contributed by atoms with Crippen LogP contribution >= 0.6 is 0 Å². The third-order valence-corrected chi connectivity index (χ3v) is 3.68. The van der Waals surface area contributed by atoms with E-state index in [1.165, 1.54) is 19.3 Å². The summed E-state index contributed by atoms with van der Waals surface area (Å²) in [4.78, 5) is 0. The van der Waals surface area contributed by atoms with Gasteiger partial charge in [-0.3, -0.25) is 0 Å². The van der Waals surface area contributed by atoms with E-state index in [0.717, 1.165) is 18.1 Å². The second-order valence-electron chi connectivity index (χ2n) is 4.90. The molecule has 1 atom stereocenters. The van der Waals surface area contributed by atoms with Gasteiger partial charge < -0.3 is 9.73 Å². The van der Waals surface area contributed by atoms with Crippen molar-refractivity contribution in [1.29, 1.82) is 0 Å². The lowest BCUT2D eigenvalue weighted by Gasteiger charge is -2.17. The molecule has 84 valence electrons. The average Bonchev–Trinajstić information content (AvgIpc) is 2.90. The normalized spacial score (nSPS) is 20.2. The van der Waals surface area contributed by atoms with Gasteiger partial charge in [-0.1, -0.05) is 6.92 Å². The lowest BCUT2D eigenvalue weighted by Crippen LogP contribution is -2.26. The predicted molar refractivity (Wildman–Crippen MR) is 61.8 cm³/mol. The first kappa shape index (κ1) is 10.7. The zero-order valence-electron chi connectivity index (χ0n) is 9.97. The second kappa shape index (κ2) is 4.01. The number of rotatable bonds is 5. The molecule has 1 heterocycles. The van der Waals surface area contributed by atoms with Crippen molar-refractivity contribution < 1.29 is 4.42 Å². The molecule has 1 fully saturated rings. The fraction of sp³-hybridized carbons (Fsp3) is 0.692. The Bertz CT molecular complexity index is 325. The maximum atomic E-state index is 5.60. The summed E-state index contributed by atoms with van der Waals surface area (Å²) in [7, 11) is 0. The molecule has 0 saturated heterocycles. The lowest BCUT2D eigenvalue weighted by molar-refractivity contribution is 0.370. The smallest absolute Gasteiger partial charge is 0.120 e. The highest BCUT2D eigenvalue weighted by molar-refractivity contribution is 5.09. The topological polar surface area (TPSA) is 25.2 Å². The van der Waals surface area contributed by atoms with E-state index in [2.05, 4.69) is 25.2 Å². The molecule has 0 bridgehead atoms. The Morgan fingerprint density at radius 3 is 2.67 bits per heavy atom. The van der Waals surface area contributed by atoms with Gasteiger partial charge in [-0.05, 0) is 50.7 Å². The van der Waals surface area contributed by atoms with Crippen molar-refractivity contribution in [1.82, 2.24) is 5.32 Å². The number of furan rings is 1. The van der Waals surface area contributed by atoms with Crippen molar-refractivity contribution in [2.24, 2.45) is 5.41 Å². The molecule has 2 rings (SSSR count). The Balaban J connectivity index is 1.85. The molecule has 0 radical (unpaired) electrons. The van der Waals surface area contributed by atoms with Crippen LogP contribution in [0.4, 0.5) is 0 Å². The van der Waals surface area contributed by atoms with Gasteiger partial charge in [0.1, 0.15) is 11.5 Å². The summed E-state index contributed by atoms with van der Waals surface area (Å²) in [6.45, 7) is 7.58. The van der Waals surface area contributed by atoms with Crippen molar-refractivity contribution in [2.45, 2.75) is 46.1 Å². The predicted octanol–water partition coefficient (Wildman–Crippen LogP) is 3.43. The van der Waals surface area contributed by atoms with Crippen molar-refractivity contribution in [3.8, 4) is 0 Å². The molecule has 1 N–H and O–H groups in total. The van der Waals surface area contributed by atoms with Crippen LogP contribution in [0.2, 0.25) is 0 Å². The van der Waals surface area contributed by atoms with Crippen LogP contribution < -0.4 is 5.32 Å². The average molecular weight is 207 g/mol. The molecule has 0 amide bonds. The SMILES string of the molecule is CCC1(CNC(C)c2ccc(C)o2)CC1. The monoisotopic (exact) mass is 207 g/mol. The number of hydrogen-bond acceptors (Lipinski definition) is 2. The number of nitrogens with one attached hydrogen (secondary N) is 1. The van der Waals surface area contributed by atoms with E-state index in [9.17, 15) is 0 Å². The molecule has 1 aromatic heterocycles. The van der Waals surface area contributed by atoms with Crippen LogP contribution in [0.1, 0.15) is 50.7 Å². The van der Waals surface area contributed by atoms with Crippen LogP contribution in [0.5, 0.6) is 0 Å². The summed E-state index contributed by atoms with van der Waals surface area (Å²) >= 11 is 0. The zero-order valence-corrected chi connectivity index (χ0v) is 9.97. The molecule has 2 nitrogen and oxygen atoms in total. The first-order valence-corrected chi connectivity index (χ1v) is 5.95. The van der Waals surface area contributed by atoms with E-state index < -0.39 is 0 Å². The van der Waals surface area contributed by atoms with Crippen molar-refractivity contribution in [3.63, 3.8) is 0 Å². The van der Waals surface area contributed by atoms with Crippen molar-refractivity contribution >= 4 is 0 Å². The number of aryl methyl sites for hydroxylation is 1. The van der Waals surface area contributed by atoms with E-state index in [1.54, 1.807) is 0 Å². The second-order valence-corrected chi connectivity index (χ2v) is 4.90.